The zero-order chi connectivity index (χ0) is 8.97. The van der Waals surface area contributed by atoms with Crippen LogP contribution in [-0.4, -0.2) is 51.3 Å². The van der Waals surface area contributed by atoms with Gasteiger partial charge in [0.25, 0.3) is 0 Å². The van der Waals surface area contributed by atoms with Gasteiger partial charge in [-0.05, 0) is 21.0 Å². The molecule has 0 saturated carbocycles. The first-order chi connectivity index (χ1) is 5.74. The van der Waals surface area contributed by atoms with Crippen molar-refractivity contribution in [1.29, 1.82) is 0 Å². The third-order valence-corrected chi connectivity index (χ3v) is 2.26. The monoisotopic (exact) mass is 172 g/mol. The minimum Gasteiger partial charge on any atom is -0.377 e. The molecule has 0 aromatic carbocycles. The van der Waals surface area contributed by atoms with Gasteiger partial charge in [-0.1, -0.05) is 0 Å². The smallest absolute Gasteiger partial charge is 0.0751 e. The van der Waals surface area contributed by atoms with Gasteiger partial charge < -0.3 is 15.0 Å². The Morgan fingerprint density at radius 1 is 1.42 bits per heavy atom. The molecule has 1 aliphatic heterocycles. The summed E-state index contributed by atoms with van der Waals surface area (Å²) in [5, 5.41) is 3.36. The van der Waals surface area contributed by atoms with Crippen LogP contribution in [0.3, 0.4) is 0 Å². The molecule has 0 amide bonds. The molecule has 1 aliphatic rings. The Kier molecular flexibility index (Phi) is 3.98. The molecule has 1 heterocycles. The van der Waals surface area contributed by atoms with Gasteiger partial charge in [0.2, 0.25) is 0 Å². The Morgan fingerprint density at radius 2 is 2.17 bits per heavy atom. The number of nitrogens with one attached hydrogen (secondary N) is 1. The van der Waals surface area contributed by atoms with E-state index in [-0.39, 0.29) is 0 Å². The molecular weight excluding hydrogens is 152 g/mol. The second kappa shape index (κ2) is 4.80. The van der Waals surface area contributed by atoms with E-state index in [9.17, 15) is 0 Å². The highest BCUT2D eigenvalue weighted by atomic mass is 16.5. The lowest BCUT2D eigenvalue weighted by Crippen LogP contribution is -2.31. The van der Waals surface area contributed by atoms with E-state index in [0.29, 0.717) is 12.0 Å². The van der Waals surface area contributed by atoms with Crippen LogP contribution < -0.4 is 5.32 Å². The van der Waals surface area contributed by atoms with Crippen molar-refractivity contribution in [1.82, 2.24) is 10.2 Å². The molecule has 3 heteroatoms. The number of nitrogens with zero attached hydrogens (tertiary/aromatic N) is 1. The van der Waals surface area contributed by atoms with Gasteiger partial charge in [0.15, 0.2) is 0 Å². The van der Waals surface area contributed by atoms with Gasteiger partial charge in [-0.25, -0.2) is 0 Å². The van der Waals surface area contributed by atoms with Crippen molar-refractivity contribution in [2.24, 2.45) is 5.92 Å². The first kappa shape index (κ1) is 9.96. The minimum absolute atomic E-state index is 0.428. The summed E-state index contributed by atoms with van der Waals surface area (Å²) in [6.45, 7) is 6.13. The average molecular weight is 172 g/mol. The third-order valence-electron chi connectivity index (χ3n) is 2.26. The van der Waals surface area contributed by atoms with E-state index in [2.05, 4.69) is 31.2 Å². The van der Waals surface area contributed by atoms with E-state index in [1.807, 2.05) is 0 Å². The summed E-state index contributed by atoms with van der Waals surface area (Å²) in [5.41, 5.74) is 0. The lowest BCUT2D eigenvalue weighted by molar-refractivity contribution is 0.0393. The predicted molar refractivity (Wildman–Crippen MR) is 50.3 cm³/mol. The first-order valence-electron chi connectivity index (χ1n) is 4.71. The van der Waals surface area contributed by atoms with E-state index >= 15 is 0 Å². The summed E-state index contributed by atoms with van der Waals surface area (Å²) in [6.07, 6.45) is 0.428. The fourth-order valence-electron chi connectivity index (χ4n) is 1.77. The lowest BCUT2D eigenvalue weighted by Gasteiger charge is -2.21. The maximum absolute atomic E-state index is 5.63. The van der Waals surface area contributed by atoms with Crippen LogP contribution in [0, 0.1) is 5.92 Å². The van der Waals surface area contributed by atoms with Gasteiger partial charge in [0.1, 0.15) is 0 Å². The SMILES string of the molecule is CCOC1CNCC1CN(C)C. The molecular formula is C9H20N2O. The van der Waals surface area contributed by atoms with Crippen molar-refractivity contribution in [2.75, 3.05) is 40.3 Å². The fourth-order valence-corrected chi connectivity index (χ4v) is 1.77. The van der Waals surface area contributed by atoms with E-state index in [1.165, 1.54) is 0 Å². The van der Waals surface area contributed by atoms with Crippen LogP contribution in [-0.2, 0) is 4.74 Å². The van der Waals surface area contributed by atoms with Crippen molar-refractivity contribution in [3.05, 3.63) is 0 Å². The van der Waals surface area contributed by atoms with Crippen LogP contribution in [0.2, 0.25) is 0 Å². The summed E-state index contributed by atoms with van der Waals surface area (Å²) in [5.74, 6) is 0.667. The highest BCUT2D eigenvalue weighted by molar-refractivity contribution is 4.83. The number of ether oxygens (including phenoxy) is 1. The van der Waals surface area contributed by atoms with Crippen LogP contribution in [0.15, 0.2) is 0 Å². The fraction of sp³-hybridized carbons (Fsp3) is 1.00. The number of rotatable bonds is 4. The van der Waals surface area contributed by atoms with Crippen LogP contribution in [0.1, 0.15) is 6.92 Å². The molecule has 2 unspecified atom stereocenters. The molecule has 72 valence electrons. The van der Waals surface area contributed by atoms with Gasteiger partial charge in [-0.15, -0.1) is 0 Å². The maximum Gasteiger partial charge on any atom is 0.0751 e. The van der Waals surface area contributed by atoms with Crippen molar-refractivity contribution >= 4 is 0 Å². The molecule has 1 fully saturated rings. The van der Waals surface area contributed by atoms with Crippen LogP contribution >= 0.6 is 0 Å². The minimum atomic E-state index is 0.428. The van der Waals surface area contributed by atoms with Gasteiger partial charge in [-0.2, -0.15) is 0 Å². The molecule has 0 aliphatic carbocycles. The molecule has 0 radical (unpaired) electrons. The second-order valence-corrected chi connectivity index (χ2v) is 3.67. The quantitative estimate of drug-likeness (QED) is 0.654. The van der Waals surface area contributed by atoms with Gasteiger partial charge in [-0.3, -0.25) is 0 Å². The molecule has 1 N–H and O–H groups in total. The standard InChI is InChI=1S/C9H20N2O/c1-4-12-9-6-10-5-8(9)7-11(2)3/h8-10H,4-7H2,1-3H3. The van der Waals surface area contributed by atoms with Crippen molar-refractivity contribution in [3.8, 4) is 0 Å². The van der Waals surface area contributed by atoms with E-state index in [4.69, 9.17) is 4.74 Å². The highest BCUT2D eigenvalue weighted by Crippen LogP contribution is 2.13. The molecule has 0 aromatic rings. The predicted octanol–water partition coefficient (Wildman–Crippen LogP) is 0.173. The largest absolute Gasteiger partial charge is 0.377 e. The molecule has 0 bridgehead atoms. The van der Waals surface area contributed by atoms with E-state index < -0.39 is 0 Å². The van der Waals surface area contributed by atoms with Crippen LogP contribution in [0.25, 0.3) is 0 Å². The third kappa shape index (κ3) is 2.73. The Morgan fingerprint density at radius 3 is 2.75 bits per heavy atom. The highest BCUT2D eigenvalue weighted by Gasteiger charge is 2.27. The van der Waals surface area contributed by atoms with E-state index in [1.54, 1.807) is 0 Å². The topological polar surface area (TPSA) is 24.5 Å². The first-order valence-corrected chi connectivity index (χ1v) is 4.71. The van der Waals surface area contributed by atoms with Crippen molar-refractivity contribution < 1.29 is 4.74 Å². The second-order valence-electron chi connectivity index (χ2n) is 3.67. The summed E-state index contributed by atoms with van der Waals surface area (Å²) in [7, 11) is 4.22. The molecule has 2 atom stereocenters. The Balaban J connectivity index is 2.30. The molecule has 12 heavy (non-hydrogen) atoms. The summed E-state index contributed by atoms with van der Waals surface area (Å²) >= 11 is 0. The summed E-state index contributed by atoms with van der Waals surface area (Å²) in [6, 6.07) is 0. The molecule has 0 spiro atoms. The Hall–Kier alpha value is -0.120. The molecule has 1 saturated heterocycles. The lowest BCUT2D eigenvalue weighted by atomic mass is 10.1. The van der Waals surface area contributed by atoms with Crippen molar-refractivity contribution in [2.45, 2.75) is 13.0 Å². The van der Waals surface area contributed by atoms with E-state index in [0.717, 1.165) is 26.2 Å². The summed E-state index contributed by atoms with van der Waals surface area (Å²) < 4.78 is 5.63. The maximum atomic E-state index is 5.63. The van der Waals surface area contributed by atoms with Crippen LogP contribution in [0.5, 0.6) is 0 Å². The number of hydrogen-bond donors (Lipinski definition) is 1. The van der Waals surface area contributed by atoms with Gasteiger partial charge in [0, 0.05) is 32.2 Å². The number of hydrogen-bond acceptors (Lipinski definition) is 3. The Bertz CT molecular complexity index is 128. The van der Waals surface area contributed by atoms with Crippen molar-refractivity contribution in [3.63, 3.8) is 0 Å². The zero-order valence-electron chi connectivity index (χ0n) is 8.34. The zero-order valence-corrected chi connectivity index (χ0v) is 8.34. The molecule has 3 nitrogen and oxygen atoms in total. The Labute approximate surface area is 75.1 Å². The molecule has 0 aromatic heterocycles. The summed E-state index contributed by atoms with van der Waals surface area (Å²) in [4.78, 5) is 2.23. The average Bonchev–Trinajstić information content (AvgIpc) is 2.37. The van der Waals surface area contributed by atoms with Gasteiger partial charge in [0.05, 0.1) is 6.10 Å². The normalized spacial score (nSPS) is 30.0. The molecule has 1 rings (SSSR count). The van der Waals surface area contributed by atoms with Gasteiger partial charge >= 0.3 is 0 Å². The van der Waals surface area contributed by atoms with Crippen LogP contribution in [0.4, 0.5) is 0 Å².